The minimum Gasteiger partial charge on any atom is -0.508 e. The van der Waals surface area contributed by atoms with E-state index in [2.05, 4.69) is 20.9 Å². The van der Waals surface area contributed by atoms with Crippen LogP contribution in [0.2, 0.25) is 0 Å². The van der Waals surface area contributed by atoms with Gasteiger partial charge in [-0.1, -0.05) is 12.1 Å². The smallest absolute Gasteiger partial charge is 0.328 e. The number of likely N-dealkylation sites (tertiary alicyclic amines) is 1. The van der Waals surface area contributed by atoms with E-state index in [1.165, 1.54) is 31.2 Å². The standard InChI is InChI=1S/C28H42N8O10/c1-14(37)22(27(45)46)35-25(43)20-5-3-11-36(20)26(44)19(13-21(39)40)34-24(42)18(12-15-6-8-16(38)9-7-15)33-23(41)17(29)4-2-10-32-28(30)31/h6-9,14,17-20,22,37-38H,2-5,10-13,29H2,1H3,(H,33,41)(H,34,42)(H,35,43)(H,39,40)(H,45,46)(H4,30,31,32)/t14-,17+,18+,19+,20+,22+/m1/s1. The van der Waals surface area contributed by atoms with E-state index in [0.717, 1.165) is 4.90 Å². The van der Waals surface area contributed by atoms with Crippen LogP contribution in [0.25, 0.3) is 0 Å². The van der Waals surface area contributed by atoms with Crippen LogP contribution >= 0.6 is 0 Å². The van der Waals surface area contributed by atoms with Crippen molar-refractivity contribution < 1.29 is 49.2 Å². The van der Waals surface area contributed by atoms with Gasteiger partial charge in [-0.2, -0.15) is 0 Å². The van der Waals surface area contributed by atoms with Crippen LogP contribution in [0.1, 0.15) is 44.6 Å². The number of aliphatic carboxylic acids is 2. The molecule has 0 unspecified atom stereocenters. The van der Waals surface area contributed by atoms with E-state index in [4.69, 9.17) is 17.2 Å². The molecule has 0 spiro atoms. The Morgan fingerprint density at radius 3 is 2.20 bits per heavy atom. The number of aromatic hydroxyl groups is 1. The molecule has 1 aliphatic heterocycles. The second-order valence-corrected chi connectivity index (χ2v) is 10.9. The molecule has 1 heterocycles. The Kier molecular flexibility index (Phi) is 14.2. The number of carbonyl (C=O) groups excluding carboxylic acids is 4. The van der Waals surface area contributed by atoms with E-state index in [9.17, 15) is 49.2 Å². The van der Waals surface area contributed by atoms with E-state index < -0.39 is 78.3 Å². The number of guanidine groups is 1. The maximum absolute atomic E-state index is 13.6. The number of nitrogens with one attached hydrogen (secondary N) is 3. The number of aliphatic hydroxyl groups excluding tert-OH is 1. The largest absolute Gasteiger partial charge is 0.508 e. The molecule has 46 heavy (non-hydrogen) atoms. The lowest BCUT2D eigenvalue weighted by atomic mass is 10.0. The molecular formula is C28H42N8O10. The molecule has 13 N–H and O–H groups in total. The first-order valence-electron chi connectivity index (χ1n) is 14.5. The molecule has 1 aromatic carbocycles. The van der Waals surface area contributed by atoms with Crippen molar-refractivity contribution in [2.24, 2.45) is 22.2 Å². The van der Waals surface area contributed by atoms with Gasteiger partial charge < -0.3 is 58.5 Å². The molecule has 0 bridgehead atoms. The zero-order valence-corrected chi connectivity index (χ0v) is 25.3. The van der Waals surface area contributed by atoms with Gasteiger partial charge in [-0.25, -0.2) is 4.79 Å². The number of nitrogens with zero attached hydrogens (tertiary/aromatic N) is 2. The molecule has 1 fully saturated rings. The Labute approximate surface area is 264 Å². The normalized spacial score (nSPS) is 17.5. The Balaban J connectivity index is 2.26. The number of hydrogen-bond acceptors (Lipinski definition) is 10. The van der Waals surface area contributed by atoms with E-state index in [1.54, 1.807) is 0 Å². The highest BCUT2D eigenvalue weighted by Gasteiger charge is 2.40. The molecule has 4 amide bonds. The summed E-state index contributed by atoms with van der Waals surface area (Å²) in [5.41, 5.74) is 17.1. The summed E-state index contributed by atoms with van der Waals surface area (Å²) in [6.07, 6.45) is -1.48. The predicted octanol–water partition coefficient (Wildman–Crippen LogP) is -3.30. The number of carboxylic acid groups (broad SMARTS) is 2. The average molecular weight is 651 g/mol. The van der Waals surface area contributed by atoms with Crippen molar-refractivity contribution >= 4 is 41.5 Å². The maximum atomic E-state index is 13.6. The van der Waals surface area contributed by atoms with Gasteiger partial charge in [0.2, 0.25) is 23.6 Å². The molecule has 0 saturated carbocycles. The topological polar surface area (TPSA) is 313 Å². The second-order valence-electron chi connectivity index (χ2n) is 10.9. The number of aliphatic imine (C=N–C) groups is 1. The number of benzene rings is 1. The van der Waals surface area contributed by atoms with Crippen LogP contribution in [0, 0.1) is 0 Å². The summed E-state index contributed by atoms with van der Waals surface area (Å²) in [6.45, 7) is 1.39. The molecular weight excluding hydrogens is 608 g/mol. The molecule has 1 aliphatic rings. The molecule has 18 heteroatoms. The fourth-order valence-electron chi connectivity index (χ4n) is 4.79. The van der Waals surface area contributed by atoms with Gasteiger partial charge in [-0.05, 0) is 50.3 Å². The average Bonchev–Trinajstić information content (AvgIpc) is 3.47. The lowest BCUT2D eigenvalue weighted by molar-refractivity contribution is -0.148. The molecule has 0 aliphatic carbocycles. The van der Waals surface area contributed by atoms with Crippen LogP contribution in [0.15, 0.2) is 29.3 Å². The summed E-state index contributed by atoms with van der Waals surface area (Å²) in [5.74, 6) is -6.53. The van der Waals surface area contributed by atoms with Gasteiger partial charge in [0.05, 0.1) is 18.6 Å². The number of phenolic OH excluding ortho intramolecular Hbond substituents is 1. The Bertz CT molecular complexity index is 1290. The molecule has 254 valence electrons. The third kappa shape index (κ3) is 11.5. The minimum atomic E-state index is -1.67. The Morgan fingerprint density at radius 2 is 1.63 bits per heavy atom. The highest BCUT2D eigenvalue weighted by atomic mass is 16.4. The molecule has 18 nitrogen and oxygen atoms in total. The SMILES string of the molecule is C[C@@H](O)[C@H](NC(=O)[C@@H]1CCCN1C(=O)[C@H](CC(=O)O)NC(=O)[C@H](Cc1ccc(O)cc1)NC(=O)[C@@H](N)CCCN=C(N)N)C(=O)O. The number of rotatable bonds is 17. The van der Waals surface area contributed by atoms with Gasteiger partial charge >= 0.3 is 11.9 Å². The van der Waals surface area contributed by atoms with Crippen molar-refractivity contribution in [2.75, 3.05) is 13.1 Å². The fraction of sp³-hybridized carbons (Fsp3) is 0.536. The zero-order chi connectivity index (χ0) is 34.6. The van der Waals surface area contributed by atoms with E-state index >= 15 is 0 Å². The lowest BCUT2D eigenvalue weighted by Gasteiger charge is -2.30. The van der Waals surface area contributed by atoms with Crippen molar-refractivity contribution in [3.8, 4) is 5.75 Å². The van der Waals surface area contributed by atoms with E-state index in [0.29, 0.717) is 18.4 Å². The number of carboxylic acids is 2. The highest BCUT2D eigenvalue weighted by Crippen LogP contribution is 2.20. The van der Waals surface area contributed by atoms with Gasteiger partial charge in [0.15, 0.2) is 12.0 Å². The second kappa shape index (κ2) is 17.5. The monoisotopic (exact) mass is 650 g/mol. The summed E-state index contributed by atoms with van der Waals surface area (Å²) in [5, 5.41) is 45.3. The van der Waals surface area contributed by atoms with Crippen molar-refractivity contribution in [3.63, 3.8) is 0 Å². The first kappa shape index (κ1) is 37.2. The first-order valence-corrected chi connectivity index (χ1v) is 14.5. The van der Waals surface area contributed by atoms with Gasteiger partial charge in [0.1, 0.15) is 23.9 Å². The predicted molar refractivity (Wildman–Crippen MR) is 162 cm³/mol. The first-order chi connectivity index (χ1) is 21.6. The van der Waals surface area contributed by atoms with Crippen molar-refractivity contribution in [3.05, 3.63) is 29.8 Å². The van der Waals surface area contributed by atoms with Crippen LogP contribution < -0.4 is 33.2 Å². The van der Waals surface area contributed by atoms with Crippen LogP contribution in [-0.4, -0.2) is 116 Å². The maximum Gasteiger partial charge on any atom is 0.328 e. The van der Waals surface area contributed by atoms with Crippen molar-refractivity contribution in [2.45, 2.75) is 81.8 Å². The number of hydrogen-bond donors (Lipinski definition) is 10. The number of nitrogens with two attached hydrogens (primary N) is 3. The lowest BCUT2D eigenvalue weighted by Crippen LogP contribution is -2.59. The van der Waals surface area contributed by atoms with Crippen LogP contribution in [0.5, 0.6) is 5.75 Å². The fourth-order valence-corrected chi connectivity index (χ4v) is 4.79. The third-order valence-electron chi connectivity index (χ3n) is 7.19. The molecule has 0 aromatic heterocycles. The zero-order valence-electron chi connectivity index (χ0n) is 25.3. The Morgan fingerprint density at radius 1 is 1.00 bits per heavy atom. The molecule has 1 saturated heterocycles. The van der Waals surface area contributed by atoms with Crippen molar-refractivity contribution in [1.29, 1.82) is 0 Å². The van der Waals surface area contributed by atoms with Crippen LogP contribution in [0.4, 0.5) is 0 Å². The quantitative estimate of drug-likeness (QED) is 0.0449. The molecule has 6 atom stereocenters. The van der Waals surface area contributed by atoms with E-state index in [-0.39, 0.29) is 44.1 Å². The van der Waals surface area contributed by atoms with Crippen LogP contribution in [-0.2, 0) is 35.2 Å². The summed E-state index contributed by atoms with van der Waals surface area (Å²) >= 11 is 0. The molecule has 1 aromatic rings. The number of phenols is 1. The summed E-state index contributed by atoms with van der Waals surface area (Å²) in [7, 11) is 0. The summed E-state index contributed by atoms with van der Waals surface area (Å²) in [4.78, 5) is 81.0. The van der Waals surface area contributed by atoms with Gasteiger partial charge in [0, 0.05) is 19.5 Å². The van der Waals surface area contributed by atoms with Crippen molar-refractivity contribution in [1.82, 2.24) is 20.9 Å². The molecule has 2 rings (SSSR count). The number of amides is 4. The highest BCUT2D eigenvalue weighted by molar-refractivity contribution is 5.97. The minimum absolute atomic E-state index is 0.0116. The number of carbonyl (C=O) groups is 6. The molecule has 0 radical (unpaired) electrons. The van der Waals surface area contributed by atoms with Gasteiger partial charge in [0.25, 0.3) is 0 Å². The summed E-state index contributed by atoms with van der Waals surface area (Å²) in [6, 6.07) is -1.19. The van der Waals surface area contributed by atoms with Crippen LogP contribution in [0.3, 0.4) is 0 Å². The van der Waals surface area contributed by atoms with E-state index in [1.807, 2.05) is 0 Å². The van der Waals surface area contributed by atoms with Gasteiger partial charge in [-0.15, -0.1) is 0 Å². The third-order valence-corrected chi connectivity index (χ3v) is 7.19. The Hall–Kier alpha value is -4.97. The number of aliphatic hydroxyl groups is 1. The van der Waals surface area contributed by atoms with Gasteiger partial charge in [-0.3, -0.25) is 29.0 Å². The summed E-state index contributed by atoms with van der Waals surface area (Å²) < 4.78 is 0.